The topological polar surface area (TPSA) is 9.23 Å². The van der Waals surface area contributed by atoms with Crippen molar-refractivity contribution < 1.29 is 4.74 Å². The minimum absolute atomic E-state index is 0.111. The molecule has 2 aromatic rings. The van der Waals surface area contributed by atoms with Gasteiger partial charge in [-0.2, -0.15) is 0 Å². The molecule has 1 atom stereocenters. The van der Waals surface area contributed by atoms with E-state index >= 15 is 0 Å². The molecule has 0 aliphatic rings. The molecule has 2 aromatic carbocycles. The average molecular weight is 430 g/mol. The maximum Gasteiger partial charge on any atom is 0.126 e. The van der Waals surface area contributed by atoms with Gasteiger partial charge in [0.25, 0.3) is 0 Å². The molecule has 1 nitrogen and oxygen atoms in total. The molecular formula is C17H18Br2OS. The summed E-state index contributed by atoms with van der Waals surface area (Å²) in [6.07, 6.45) is 2.09. The molecule has 0 aromatic heterocycles. The lowest BCUT2D eigenvalue weighted by atomic mass is 9.97. The van der Waals surface area contributed by atoms with Crippen molar-refractivity contribution in [1.29, 1.82) is 0 Å². The van der Waals surface area contributed by atoms with Gasteiger partial charge in [0.2, 0.25) is 0 Å². The number of halogens is 2. The van der Waals surface area contributed by atoms with E-state index in [2.05, 4.69) is 82.3 Å². The first kappa shape index (κ1) is 16.9. The van der Waals surface area contributed by atoms with E-state index in [0.29, 0.717) is 0 Å². The van der Waals surface area contributed by atoms with E-state index in [9.17, 15) is 0 Å². The van der Waals surface area contributed by atoms with Crippen molar-refractivity contribution in [3.63, 3.8) is 0 Å². The van der Waals surface area contributed by atoms with Gasteiger partial charge in [-0.25, -0.2) is 0 Å². The molecule has 0 N–H and O–H groups in total. The van der Waals surface area contributed by atoms with Gasteiger partial charge in [0.15, 0.2) is 0 Å². The van der Waals surface area contributed by atoms with Crippen LogP contribution >= 0.6 is 43.6 Å². The van der Waals surface area contributed by atoms with Crippen LogP contribution in [0.15, 0.2) is 39.7 Å². The molecular weight excluding hydrogens is 412 g/mol. The van der Waals surface area contributed by atoms with Gasteiger partial charge in [-0.15, -0.1) is 11.8 Å². The maximum atomic E-state index is 5.64. The Kier molecular flexibility index (Phi) is 5.81. The minimum Gasteiger partial charge on any atom is -0.496 e. The Hall–Kier alpha value is -0.450. The van der Waals surface area contributed by atoms with Gasteiger partial charge in [-0.1, -0.05) is 44.0 Å². The smallest absolute Gasteiger partial charge is 0.126 e. The summed E-state index contributed by atoms with van der Waals surface area (Å²) in [4.78, 5) is 1.38. The molecule has 0 radical (unpaired) electrons. The van der Waals surface area contributed by atoms with Crippen LogP contribution < -0.4 is 4.74 Å². The Morgan fingerprint density at radius 1 is 1.14 bits per heavy atom. The second-order valence-electron chi connectivity index (χ2n) is 4.88. The number of hydrogen-bond acceptors (Lipinski definition) is 2. The Bertz CT molecular complexity index is 638. The standard InChI is InChI=1S/C17H18Br2OS/c1-10-9-14(18)11(2)15(17(10)20-3)16(19)12-5-7-13(21-4)8-6-12/h5-9,16H,1-4H3. The second-order valence-corrected chi connectivity index (χ2v) is 7.53. The summed E-state index contributed by atoms with van der Waals surface area (Å²) in [5.74, 6) is 0.950. The number of thioether (sulfide) groups is 1. The van der Waals surface area contributed by atoms with Gasteiger partial charge < -0.3 is 4.74 Å². The first-order valence-corrected chi connectivity index (χ1v) is 9.54. The van der Waals surface area contributed by atoms with Crippen molar-refractivity contribution >= 4 is 43.6 Å². The van der Waals surface area contributed by atoms with Crippen LogP contribution in [0.25, 0.3) is 0 Å². The molecule has 2 rings (SSSR count). The number of ether oxygens (including phenoxy) is 1. The zero-order valence-electron chi connectivity index (χ0n) is 12.5. The molecule has 0 saturated carbocycles. The number of benzene rings is 2. The van der Waals surface area contributed by atoms with E-state index in [4.69, 9.17) is 4.74 Å². The lowest BCUT2D eigenvalue weighted by Gasteiger charge is -2.20. The van der Waals surface area contributed by atoms with E-state index in [1.807, 2.05) is 0 Å². The van der Waals surface area contributed by atoms with E-state index < -0.39 is 0 Å². The summed E-state index contributed by atoms with van der Waals surface area (Å²) in [6, 6.07) is 10.7. The van der Waals surface area contributed by atoms with Crippen molar-refractivity contribution in [2.45, 2.75) is 23.6 Å². The van der Waals surface area contributed by atoms with Crippen LogP contribution in [0.4, 0.5) is 0 Å². The Labute approximate surface area is 147 Å². The van der Waals surface area contributed by atoms with Crippen LogP contribution in [-0.2, 0) is 0 Å². The average Bonchev–Trinajstić information content (AvgIpc) is 2.50. The van der Waals surface area contributed by atoms with Crippen LogP contribution in [0.5, 0.6) is 5.75 Å². The normalized spacial score (nSPS) is 12.3. The van der Waals surface area contributed by atoms with Crippen molar-refractivity contribution in [2.75, 3.05) is 13.4 Å². The molecule has 0 bridgehead atoms. The highest BCUT2D eigenvalue weighted by atomic mass is 79.9. The van der Waals surface area contributed by atoms with Crippen LogP contribution in [0, 0.1) is 13.8 Å². The van der Waals surface area contributed by atoms with Crippen LogP contribution in [-0.4, -0.2) is 13.4 Å². The molecule has 0 amide bonds. The Balaban J connectivity index is 2.53. The molecule has 0 aliphatic carbocycles. The predicted octanol–water partition coefficient (Wildman–Crippen LogP) is 6.28. The van der Waals surface area contributed by atoms with Crippen molar-refractivity contribution in [2.24, 2.45) is 0 Å². The van der Waals surface area contributed by atoms with Crippen molar-refractivity contribution in [1.82, 2.24) is 0 Å². The number of methoxy groups -OCH3 is 1. The zero-order chi connectivity index (χ0) is 15.6. The first-order chi connectivity index (χ1) is 9.99. The summed E-state index contributed by atoms with van der Waals surface area (Å²) in [5.41, 5.74) is 4.75. The molecule has 0 spiro atoms. The largest absolute Gasteiger partial charge is 0.496 e. The molecule has 1 unspecified atom stereocenters. The number of hydrogen-bond donors (Lipinski definition) is 0. The molecule has 4 heteroatoms. The van der Waals surface area contributed by atoms with Crippen LogP contribution in [0.1, 0.15) is 27.1 Å². The third-order valence-corrected chi connectivity index (χ3v) is 6.13. The Morgan fingerprint density at radius 2 is 1.76 bits per heavy atom. The van der Waals surface area contributed by atoms with E-state index in [1.54, 1.807) is 18.9 Å². The summed E-state index contributed by atoms with van der Waals surface area (Å²) in [5, 5.41) is 0. The quantitative estimate of drug-likeness (QED) is 0.417. The molecule has 0 heterocycles. The lowest BCUT2D eigenvalue weighted by molar-refractivity contribution is 0.406. The highest BCUT2D eigenvalue weighted by molar-refractivity contribution is 9.10. The summed E-state index contributed by atoms with van der Waals surface area (Å²) >= 11 is 9.24. The Morgan fingerprint density at radius 3 is 2.29 bits per heavy atom. The summed E-state index contributed by atoms with van der Waals surface area (Å²) in [7, 11) is 1.73. The first-order valence-electron chi connectivity index (χ1n) is 6.61. The fraction of sp³-hybridized carbons (Fsp3) is 0.294. The van der Waals surface area contributed by atoms with Gasteiger partial charge >= 0.3 is 0 Å². The molecule has 0 saturated heterocycles. The minimum atomic E-state index is 0.111. The third kappa shape index (κ3) is 3.49. The van der Waals surface area contributed by atoms with Gasteiger partial charge in [0, 0.05) is 14.9 Å². The number of aryl methyl sites for hydroxylation is 1. The van der Waals surface area contributed by atoms with E-state index in [0.717, 1.165) is 15.8 Å². The molecule has 0 aliphatic heterocycles. The number of alkyl halides is 1. The highest BCUT2D eigenvalue weighted by Crippen LogP contribution is 2.43. The number of rotatable bonds is 4. The molecule has 21 heavy (non-hydrogen) atoms. The van der Waals surface area contributed by atoms with Crippen molar-refractivity contribution in [3.05, 3.63) is 57.1 Å². The van der Waals surface area contributed by atoms with Crippen LogP contribution in [0.3, 0.4) is 0 Å². The zero-order valence-corrected chi connectivity index (χ0v) is 16.5. The fourth-order valence-corrected chi connectivity index (χ4v) is 4.21. The predicted molar refractivity (Wildman–Crippen MR) is 99.2 cm³/mol. The van der Waals surface area contributed by atoms with Gasteiger partial charge in [0.05, 0.1) is 11.9 Å². The van der Waals surface area contributed by atoms with Gasteiger partial charge in [0.1, 0.15) is 5.75 Å². The van der Waals surface area contributed by atoms with Crippen molar-refractivity contribution in [3.8, 4) is 5.75 Å². The highest BCUT2D eigenvalue weighted by Gasteiger charge is 2.21. The third-order valence-electron chi connectivity index (χ3n) is 3.57. The fourth-order valence-electron chi connectivity index (χ4n) is 2.39. The summed E-state index contributed by atoms with van der Waals surface area (Å²) < 4.78 is 6.76. The SMILES string of the molecule is COc1c(C)cc(Br)c(C)c1C(Br)c1ccc(SC)cc1. The summed E-state index contributed by atoms with van der Waals surface area (Å²) in [6.45, 7) is 4.19. The van der Waals surface area contributed by atoms with E-state index in [1.165, 1.54) is 21.6 Å². The second kappa shape index (κ2) is 7.21. The monoisotopic (exact) mass is 428 g/mol. The van der Waals surface area contributed by atoms with Gasteiger partial charge in [-0.05, 0) is 55.0 Å². The lowest BCUT2D eigenvalue weighted by Crippen LogP contribution is -2.02. The maximum absolute atomic E-state index is 5.64. The van der Waals surface area contributed by atoms with E-state index in [-0.39, 0.29) is 4.83 Å². The van der Waals surface area contributed by atoms with Gasteiger partial charge in [-0.3, -0.25) is 0 Å². The van der Waals surface area contributed by atoms with Crippen LogP contribution in [0.2, 0.25) is 0 Å². The molecule has 112 valence electrons. The molecule has 0 fully saturated rings.